The number of halogens is 1. The van der Waals surface area contributed by atoms with E-state index in [-0.39, 0.29) is 17.0 Å². The molecule has 0 aromatic heterocycles. The molecule has 0 amide bonds. The minimum Gasteiger partial charge on any atom is -1.00 e. The topological polar surface area (TPSA) is 12.0 Å². The van der Waals surface area contributed by atoms with E-state index in [1.165, 1.54) is 16.7 Å². The summed E-state index contributed by atoms with van der Waals surface area (Å²) in [5, 5.41) is 3.44. The van der Waals surface area contributed by atoms with Gasteiger partial charge in [0, 0.05) is 13.1 Å². The molecule has 0 fully saturated rings. The minimum atomic E-state index is 0. The first kappa shape index (κ1) is 13.9. The first-order valence-corrected chi connectivity index (χ1v) is 5.65. The normalized spacial score (nSPS) is 9.71. The first-order valence-electron chi connectivity index (χ1n) is 5.65. The smallest absolute Gasteiger partial charge is 0.0208 e. The van der Waals surface area contributed by atoms with Crippen LogP contribution in [0.1, 0.15) is 16.7 Å². The summed E-state index contributed by atoms with van der Waals surface area (Å²) in [6.45, 7) is 3.96. The molecule has 0 bridgehead atoms. The maximum atomic E-state index is 3.44. The number of benzene rings is 2. The number of aryl methyl sites for hydroxylation is 1. The molecule has 1 nitrogen and oxygen atoms in total. The Morgan fingerprint density at radius 1 is 0.765 bits per heavy atom. The van der Waals surface area contributed by atoms with E-state index in [4.69, 9.17) is 0 Å². The highest BCUT2D eigenvalue weighted by Gasteiger charge is 1.93. The largest absolute Gasteiger partial charge is 1.00 e. The zero-order valence-electron chi connectivity index (χ0n) is 9.99. The SMILES string of the molecule is Cc1ccc(CNCc2ccccc2)cc1.[Br-]. The van der Waals surface area contributed by atoms with Crippen LogP contribution < -0.4 is 22.3 Å². The van der Waals surface area contributed by atoms with Gasteiger partial charge in [-0.2, -0.15) is 0 Å². The summed E-state index contributed by atoms with van der Waals surface area (Å²) in [7, 11) is 0. The lowest BCUT2D eigenvalue weighted by molar-refractivity contribution is -0.00000334. The molecule has 0 aliphatic heterocycles. The average molecular weight is 291 g/mol. The number of rotatable bonds is 4. The second-order valence-corrected chi connectivity index (χ2v) is 4.07. The van der Waals surface area contributed by atoms with Crippen LogP contribution in [-0.2, 0) is 13.1 Å². The Labute approximate surface area is 114 Å². The second-order valence-electron chi connectivity index (χ2n) is 4.07. The molecular formula is C15H17BrN-. The summed E-state index contributed by atoms with van der Waals surface area (Å²) in [6.07, 6.45) is 0. The maximum absolute atomic E-state index is 3.44. The summed E-state index contributed by atoms with van der Waals surface area (Å²) < 4.78 is 0. The molecule has 90 valence electrons. The highest BCUT2D eigenvalue weighted by atomic mass is 79.9. The third kappa shape index (κ3) is 4.72. The second kappa shape index (κ2) is 7.25. The van der Waals surface area contributed by atoms with Gasteiger partial charge in [0.1, 0.15) is 0 Å². The van der Waals surface area contributed by atoms with Gasteiger partial charge in [-0.15, -0.1) is 0 Å². The van der Waals surface area contributed by atoms with Crippen molar-refractivity contribution >= 4 is 0 Å². The predicted molar refractivity (Wildman–Crippen MR) is 68.2 cm³/mol. The molecule has 0 unspecified atom stereocenters. The van der Waals surface area contributed by atoms with Gasteiger partial charge in [-0.1, -0.05) is 60.2 Å². The van der Waals surface area contributed by atoms with Crippen LogP contribution in [0.2, 0.25) is 0 Å². The van der Waals surface area contributed by atoms with Crippen molar-refractivity contribution in [1.82, 2.24) is 5.32 Å². The van der Waals surface area contributed by atoms with Crippen LogP contribution in [0, 0.1) is 6.92 Å². The van der Waals surface area contributed by atoms with E-state index in [1.807, 2.05) is 6.07 Å². The molecular weight excluding hydrogens is 274 g/mol. The van der Waals surface area contributed by atoms with E-state index in [0.29, 0.717) is 0 Å². The summed E-state index contributed by atoms with van der Waals surface area (Å²) in [6, 6.07) is 19.1. The van der Waals surface area contributed by atoms with Crippen molar-refractivity contribution in [2.75, 3.05) is 0 Å². The minimum absolute atomic E-state index is 0. The fraction of sp³-hybridized carbons (Fsp3) is 0.200. The van der Waals surface area contributed by atoms with Gasteiger partial charge in [0.2, 0.25) is 0 Å². The Kier molecular flexibility index (Phi) is 5.95. The molecule has 0 saturated carbocycles. The van der Waals surface area contributed by atoms with Crippen LogP contribution >= 0.6 is 0 Å². The molecule has 1 N–H and O–H groups in total. The average Bonchev–Trinajstić information content (AvgIpc) is 2.33. The molecule has 0 heterocycles. The van der Waals surface area contributed by atoms with Gasteiger partial charge in [-0.05, 0) is 18.1 Å². The van der Waals surface area contributed by atoms with Gasteiger partial charge in [-0.3, -0.25) is 0 Å². The fourth-order valence-electron chi connectivity index (χ4n) is 1.65. The van der Waals surface area contributed by atoms with Crippen LogP contribution in [0.5, 0.6) is 0 Å². The van der Waals surface area contributed by atoms with Gasteiger partial charge < -0.3 is 22.3 Å². The Hall–Kier alpha value is -1.12. The van der Waals surface area contributed by atoms with Gasteiger partial charge in [0.15, 0.2) is 0 Å². The van der Waals surface area contributed by atoms with E-state index >= 15 is 0 Å². The molecule has 0 aliphatic rings. The maximum Gasteiger partial charge on any atom is 0.0208 e. The summed E-state index contributed by atoms with van der Waals surface area (Å²) >= 11 is 0. The molecule has 2 aromatic carbocycles. The zero-order chi connectivity index (χ0) is 11.2. The van der Waals surface area contributed by atoms with Crippen molar-refractivity contribution in [2.45, 2.75) is 20.0 Å². The van der Waals surface area contributed by atoms with Crippen molar-refractivity contribution in [3.8, 4) is 0 Å². The zero-order valence-corrected chi connectivity index (χ0v) is 11.6. The van der Waals surface area contributed by atoms with Gasteiger partial charge in [0.05, 0.1) is 0 Å². The molecule has 0 spiro atoms. The quantitative estimate of drug-likeness (QED) is 0.854. The standard InChI is InChI=1S/C15H17N.BrH/c1-13-7-9-15(10-8-13)12-16-11-14-5-3-2-4-6-14;/h2-10,16H,11-12H2,1H3;1H/p-1. The van der Waals surface area contributed by atoms with Crippen LogP contribution in [0.15, 0.2) is 54.6 Å². The van der Waals surface area contributed by atoms with Crippen LogP contribution in [0.25, 0.3) is 0 Å². The summed E-state index contributed by atoms with van der Waals surface area (Å²) in [5.74, 6) is 0. The summed E-state index contributed by atoms with van der Waals surface area (Å²) in [4.78, 5) is 0. The molecule has 2 heteroatoms. The highest BCUT2D eigenvalue weighted by molar-refractivity contribution is 5.21. The molecule has 0 aliphatic carbocycles. The predicted octanol–water partition coefficient (Wildman–Crippen LogP) is 0.289. The van der Waals surface area contributed by atoms with Crippen molar-refractivity contribution in [1.29, 1.82) is 0 Å². The summed E-state index contributed by atoms with van der Waals surface area (Å²) in [5.41, 5.74) is 3.97. The van der Waals surface area contributed by atoms with Crippen LogP contribution in [-0.4, -0.2) is 0 Å². The molecule has 2 aromatic rings. The van der Waals surface area contributed by atoms with E-state index in [0.717, 1.165) is 13.1 Å². The lowest BCUT2D eigenvalue weighted by Gasteiger charge is -2.05. The molecule has 0 atom stereocenters. The van der Waals surface area contributed by atoms with Crippen LogP contribution in [0.3, 0.4) is 0 Å². The first-order chi connectivity index (χ1) is 7.84. The Morgan fingerprint density at radius 2 is 1.29 bits per heavy atom. The number of hydrogen-bond acceptors (Lipinski definition) is 1. The lowest BCUT2D eigenvalue weighted by atomic mass is 10.1. The highest BCUT2D eigenvalue weighted by Crippen LogP contribution is 2.03. The third-order valence-corrected chi connectivity index (χ3v) is 2.62. The van der Waals surface area contributed by atoms with Crippen molar-refractivity contribution in [2.24, 2.45) is 0 Å². The molecule has 0 radical (unpaired) electrons. The molecule has 17 heavy (non-hydrogen) atoms. The number of nitrogens with one attached hydrogen (secondary N) is 1. The monoisotopic (exact) mass is 290 g/mol. The Balaban J connectivity index is 0.00000144. The van der Waals surface area contributed by atoms with Gasteiger partial charge >= 0.3 is 0 Å². The fourth-order valence-corrected chi connectivity index (χ4v) is 1.65. The Bertz CT molecular complexity index is 422. The van der Waals surface area contributed by atoms with Crippen molar-refractivity contribution in [3.63, 3.8) is 0 Å². The lowest BCUT2D eigenvalue weighted by Crippen LogP contribution is -3.00. The third-order valence-electron chi connectivity index (χ3n) is 2.62. The van der Waals surface area contributed by atoms with E-state index in [2.05, 4.69) is 60.8 Å². The van der Waals surface area contributed by atoms with E-state index < -0.39 is 0 Å². The van der Waals surface area contributed by atoms with E-state index in [1.54, 1.807) is 0 Å². The van der Waals surface area contributed by atoms with Gasteiger partial charge in [-0.25, -0.2) is 0 Å². The molecule has 2 rings (SSSR count). The molecule has 0 saturated heterocycles. The van der Waals surface area contributed by atoms with E-state index in [9.17, 15) is 0 Å². The Morgan fingerprint density at radius 3 is 1.88 bits per heavy atom. The van der Waals surface area contributed by atoms with Crippen LogP contribution in [0.4, 0.5) is 0 Å². The van der Waals surface area contributed by atoms with Gasteiger partial charge in [0.25, 0.3) is 0 Å². The van der Waals surface area contributed by atoms with Crippen molar-refractivity contribution in [3.05, 3.63) is 71.3 Å². The number of hydrogen-bond donors (Lipinski definition) is 1. The van der Waals surface area contributed by atoms with Crippen molar-refractivity contribution < 1.29 is 17.0 Å².